The quantitative estimate of drug-likeness (QED) is 0.691. The fourth-order valence-electron chi connectivity index (χ4n) is 0.964. The third-order valence-electron chi connectivity index (χ3n) is 1.61. The Morgan fingerprint density at radius 2 is 2.00 bits per heavy atom. The Labute approximate surface area is 82.5 Å². The van der Waals surface area contributed by atoms with Crippen LogP contribution in [0.1, 0.15) is 12.5 Å². The summed E-state index contributed by atoms with van der Waals surface area (Å²) in [4.78, 5) is 0. The van der Waals surface area contributed by atoms with Gasteiger partial charge in [0.1, 0.15) is 5.82 Å². The summed E-state index contributed by atoms with van der Waals surface area (Å²) in [6, 6.07) is 6.38. The molecule has 0 bridgehead atoms. The van der Waals surface area contributed by atoms with Crippen molar-refractivity contribution in [1.82, 2.24) is 0 Å². The van der Waals surface area contributed by atoms with Crippen LogP contribution in [-0.4, -0.2) is 11.7 Å². The van der Waals surface area contributed by atoms with Crippen LogP contribution in [0.4, 0.5) is 4.39 Å². The molecule has 0 aliphatic heterocycles. The van der Waals surface area contributed by atoms with Crippen molar-refractivity contribution in [3.05, 3.63) is 35.6 Å². The molecule has 1 rings (SSSR count). The molecule has 0 radical (unpaired) electrons. The molecule has 0 aliphatic carbocycles. The van der Waals surface area contributed by atoms with E-state index < -0.39 is 0 Å². The first kappa shape index (κ1) is 10.1. The summed E-state index contributed by atoms with van der Waals surface area (Å²) in [5.41, 5.74) is 1.05. The topological polar surface area (TPSA) is 9.23 Å². The van der Waals surface area contributed by atoms with Gasteiger partial charge in [-0.25, -0.2) is 4.39 Å². The maximum absolute atomic E-state index is 12.5. The summed E-state index contributed by atoms with van der Waals surface area (Å²) in [5.74, 6) is -0.212. The number of hydrogen-bond acceptors (Lipinski definition) is 2. The lowest BCUT2D eigenvalue weighted by molar-refractivity contribution is 0.315. The second-order valence-corrected chi connectivity index (χ2v) is 3.29. The predicted octanol–water partition coefficient (Wildman–Crippen LogP) is 2.73. The summed E-state index contributed by atoms with van der Waals surface area (Å²) in [6.07, 6.45) is 0.758. The van der Waals surface area contributed by atoms with Crippen LogP contribution in [0.25, 0.3) is 0 Å². The van der Waals surface area contributed by atoms with Crippen molar-refractivity contribution in [3.8, 4) is 0 Å². The normalized spacial score (nSPS) is 9.69. The first-order chi connectivity index (χ1) is 6.18. The van der Waals surface area contributed by atoms with E-state index >= 15 is 0 Å². The lowest BCUT2D eigenvalue weighted by Crippen LogP contribution is -2.01. The van der Waals surface area contributed by atoms with Gasteiger partial charge in [0.05, 0.1) is 6.61 Å². The van der Waals surface area contributed by atoms with E-state index in [2.05, 4.69) is 0 Å². The van der Waals surface area contributed by atoms with E-state index in [-0.39, 0.29) is 5.82 Å². The van der Waals surface area contributed by atoms with Crippen LogP contribution in [0.2, 0.25) is 0 Å². The molecule has 1 nitrogen and oxygen atoms in total. The minimum Gasteiger partial charge on any atom is -0.487 e. The van der Waals surface area contributed by atoms with Gasteiger partial charge in [-0.05, 0) is 29.9 Å². The molecule has 70 valence electrons. The Bertz CT molecular complexity index is 281. The van der Waals surface area contributed by atoms with Crippen LogP contribution in [0, 0.1) is 5.82 Å². The standard InChI is InChI=1S/C10H11FOS/c1-8(13)12-7-6-9-2-4-10(11)5-3-9/h2-5H,6-7H2,1H3. The lowest BCUT2D eigenvalue weighted by Gasteiger charge is -2.03. The van der Waals surface area contributed by atoms with Gasteiger partial charge in [-0.3, -0.25) is 0 Å². The van der Waals surface area contributed by atoms with Gasteiger partial charge < -0.3 is 4.74 Å². The maximum atomic E-state index is 12.5. The first-order valence-electron chi connectivity index (χ1n) is 4.06. The summed E-state index contributed by atoms with van der Waals surface area (Å²) in [5, 5.41) is 0.544. The van der Waals surface area contributed by atoms with Crippen molar-refractivity contribution in [2.24, 2.45) is 0 Å². The molecule has 0 aliphatic rings. The van der Waals surface area contributed by atoms with E-state index in [9.17, 15) is 4.39 Å². The molecule has 0 saturated heterocycles. The van der Waals surface area contributed by atoms with E-state index in [0.717, 1.165) is 12.0 Å². The third-order valence-corrected chi connectivity index (χ3v) is 1.73. The predicted molar refractivity (Wildman–Crippen MR) is 54.3 cm³/mol. The number of benzene rings is 1. The molecule has 1 aromatic rings. The minimum absolute atomic E-state index is 0.212. The third kappa shape index (κ3) is 3.99. The van der Waals surface area contributed by atoms with Gasteiger partial charge in [-0.1, -0.05) is 12.1 Å². The van der Waals surface area contributed by atoms with Crippen molar-refractivity contribution >= 4 is 17.3 Å². The fraction of sp³-hybridized carbons (Fsp3) is 0.300. The van der Waals surface area contributed by atoms with Crippen molar-refractivity contribution in [1.29, 1.82) is 0 Å². The summed E-state index contributed by atoms with van der Waals surface area (Å²) >= 11 is 4.75. The Morgan fingerprint density at radius 3 is 2.54 bits per heavy atom. The van der Waals surface area contributed by atoms with E-state index in [1.54, 1.807) is 19.1 Å². The number of ether oxygens (including phenoxy) is 1. The first-order valence-corrected chi connectivity index (χ1v) is 4.47. The molecule has 0 fully saturated rings. The molecule has 0 spiro atoms. The zero-order valence-electron chi connectivity index (χ0n) is 7.42. The molecule has 0 atom stereocenters. The SMILES string of the molecule is CC(=S)OCCc1ccc(F)cc1. The fourth-order valence-corrected chi connectivity index (χ4v) is 1.05. The van der Waals surface area contributed by atoms with Gasteiger partial charge >= 0.3 is 0 Å². The summed E-state index contributed by atoms with van der Waals surface area (Å²) in [7, 11) is 0. The Kier molecular flexibility index (Phi) is 3.83. The highest BCUT2D eigenvalue weighted by molar-refractivity contribution is 7.80. The van der Waals surface area contributed by atoms with Crippen LogP contribution >= 0.6 is 12.2 Å². The van der Waals surface area contributed by atoms with E-state index in [4.69, 9.17) is 17.0 Å². The highest BCUT2D eigenvalue weighted by atomic mass is 32.1. The van der Waals surface area contributed by atoms with Crippen molar-refractivity contribution in [2.75, 3.05) is 6.61 Å². The van der Waals surface area contributed by atoms with Crippen LogP contribution in [-0.2, 0) is 11.2 Å². The van der Waals surface area contributed by atoms with Crippen LogP contribution < -0.4 is 0 Å². The van der Waals surface area contributed by atoms with Crippen LogP contribution in [0.5, 0.6) is 0 Å². The van der Waals surface area contributed by atoms with Gasteiger partial charge in [0.2, 0.25) is 0 Å². The second kappa shape index (κ2) is 4.92. The molecule has 0 heterocycles. The number of thiocarbonyl (C=S) groups is 1. The van der Waals surface area contributed by atoms with Gasteiger partial charge in [0.15, 0.2) is 5.05 Å². The minimum atomic E-state index is -0.212. The monoisotopic (exact) mass is 198 g/mol. The van der Waals surface area contributed by atoms with Crippen LogP contribution in [0.15, 0.2) is 24.3 Å². The zero-order chi connectivity index (χ0) is 9.68. The molecular weight excluding hydrogens is 187 g/mol. The molecule has 3 heteroatoms. The van der Waals surface area contributed by atoms with Crippen LogP contribution in [0.3, 0.4) is 0 Å². The van der Waals surface area contributed by atoms with Crippen molar-refractivity contribution < 1.29 is 9.13 Å². The molecule has 0 amide bonds. The Morgan fingerprint density at radius 1 is 1.38 bits per heavy atom. The van der Waals surface area contributed by atoms with Crippen molar-refractivity contribution in [2.45, 2.75) is 13.3 Å². The largest absolute Gasteiger partial charge is 0.487 e. The second-order valence-electron chi connectivity index (χ2n) is 2.72. The average molecular weight is 198 g/mol. The smallest absolute Gasteiger partial charge is 0.156 e. The molecule has 0 aromatic heterocycles. The zero-order valence-corrected chi connectivity index (χ0v) is 8.23. The molecule has 0 saturated carbocycles. The van der Waals surface area contributed by atoms with Crippen molar-refractivity contribution in [3.63, 3.8) is 0 Å². The van der Waals surface area contributed by atoms with E-state index in [1.165, 1.54) is 12.1 Å². The Balaban J connectivity index is 2.37. The van der Waals surface area contributed by atoms with E-state index in [1.807, 2.05) is 0 Å². The van der Waals surface area contributed by atoms with Gasteiger partial charge in [0.25, 0.3) is 0 Å². The number of halogens is 1. The summed E-state index contributed by atoms with van der Waals surface area (Å²) in [6.45, 7) is 2.29. The van der Waals surface area contributed by atoms with Gasteiger partial charge in [-0.2, -0.15) is 0 Å². The molecule has 0 unspecified atom stereocenters. The maximum Gasteiger partial charge on any atom is 0.156 e. The molecule has 1 aromatic carbocycles. The lowest BCUT2D eigenvalue weighted by atomic mass is 10.2. The summed E-state index contributed by atoms with van der Waals surface area (Å²) < 4.78 is 17.6. The highest BCUT2D eigenvalue weighted by Crippen LogP contribution is 2.03. The number of rotatable bonds is 3. The van der Waals surface area contributed by atoms with Gasteiger partial charge in [0, 0.05) is 13.3 Å². The van der Waals surface area contributed by atoms with Gasteiger partial charge in [-0.15, -0.1) is 0 Å². The average Bonchev–Trinajstić information content (AvgIpc) is 2.08. The Hall–Kier alpha value is -0.960. The number of hydrogen-bond donors (Lipinski definition) is 0. The molecular formula is C10H11FOS. The molecule has 13 heavy (non-hydrogen) atoms. The highest BCUT2D eigenvalue weighted by Gasteiger charge is 1.94. The molecule has 0 N–H and O–H groups in total. The van der Waals surface area contributed by atoms with E-state index in [0.29, 0.717) is 11.7 Å².